The maximum absolute atomic E-state index is 13.2. The molecule has 1 aliphatic heterocycles. The minimum Gasteiger partial charge on any atom is -0.334 e. The Morgan fingerprint density at radius 3 is 2.84 bits per heavy atom. The lowest BCUT2D eigenvalue weighted by Crippen LogP contribution is -2.39. The highest BCUT2D eigenvalue weighted by molar-refractivity contribution is 7.07. The van der Waals surface area contributed by atoms with Crippen LogP contribution in [0.3, 0.4) is 0 Å². The van der Waals surface area contributed by atoms with E-state index in [1.54, 1.807) is 11.3 Å². The van der Waals surface area contributed by atoms with Crippen LogP contribution >= 0.6 is 11.3 Å². The minimum absolute atomic E-state index is 0.275. The largest absolute Gasteiger partial charge is 0.334 e. The topological polar surface area (TPSA) is 32.3 Å². The normalized spacial score (nSPS) is 21.2. The maximum atomic E-state index is 13.2. The first-order valence-corrected chi connectivity index (χ1v) is 10.2. The number of rotatable bonds is 5. The molecule has 1 aliphatic carbocycles. The monoisotopic (exact) mass is 354 g/mol. The number of nitrogens with one attached hydrogen (secondary N) is 1. The molecular weight excluding hydrogens is 328 g/mol. The molecular formula is C21H26N2OS. The van der Waals surface area contributed by atoms with E-state index in [1.165, 1.54) is 30.4 Å². The summed E-state index contributed by atoms with van der Waals surface area (Å²) in [4.78, 5) is 15.3. The molecule has 1 spiro atoms. The van der Waals surface area contributed by atoms with E-state index >= 15 is 0 Å². The predicted molar refractivity (Wildman–Crippen MR) is 103 cm³/mol. The van der Waals surface area contributed by atoms with E-state index in [0.29, 0.717) is 17.9 Å². The number of carbonyl (C=O) groups is 1. The quantitative estimate of drug-likeness (QED) is 0.886. The number of hydrogen-bond donors (Lipinski definition) is 1. The van der Waals surface area contributed by atoms with Crippen LogP contribution in [-0.2, 0) is 17.8 Å². The van der Waals surface area contributed by atoms with Crippen molar-refractivity contribution in [3.8, 4) is 0 Å². The molecule has 25 heavy (non-hydrogen) atoms. The summed E-state index contributed by atoms with van der Waals surface area (Å²) in [5.41, 5.74) is 3.98. The van der Waals surface area contributed by atoms with Crippen molar-refractivity contribution >= 4 is 17.2 Å². The highest BCUT2D eigenvalue weighted by atomic mass is 32.1. The van der Waals surface area contributed by atoms with Crippen molar-refractivity contribution in [2.75, 3.05) is 13.1 Å². The molecule has 0 unspecified atom stereocenters. The third kappa shape index (κ3) is 3.65. The van der Waals surface area contributed by atoms with Gasteiger partial charge >= 0.3 is 0 Å². The van der Waals surface area contributed by atoms with Gasteiger partial charge in [0.1, 0.15) is 0 Å². The van der Waals surface area contributed by atoms with Crippen LogP contribution in [0.25, 0.3) is 0 Å². The molecule has 0 radical (unpaired) electrons. The first-order chi connectivity index (χ1) is 12.2. The molecule has 4 rings (SSSR count). The molecule has 0 bridgehead atoms. The minimum atomic E-state index is 0.275. The fourth-order valence-corrected chi connectivity index (χ4v) is 4.94. The van der Waals surface area contributed by atoms with Gasteiger partial charge in [-0.1, -0.05) is 29.8 Å². The first kappa shape index (κ1) is 16.8. The van der Waals surface area contributed by atoms with Crippen molar-refractivity contribution in [3.05, 3.63) is 57.8 Å². The summed E-state index contributed by atoms with van der Waals surface area (Å²) in [5.74, 6) is 0.275. The number of piperidine rings is 1. The molecule has 1 N–H and O–H groups in total. The lowest BCUT2D eigenvalue weighted by atomic mass is 9.93. The van der Waals surface area contributed by atoms with Crippen molar-refractivity contribution in [2.24, 2.45) is 5.41 Å². The molecule has 2 aromatic rings. The van der Waals surface area contributed by atoms with Gasteiger partial charge in [-0.05, 0) is 72.6 Å². The zero-order valence-electron chi connectivity index (χ0n) is 14.8. The van der Waals surface area contributed by atoms with Gasteiger partial charge in [0.2, 0.25) is 5.91 Å². The summed E-state index contributed by atoms with van der Waals surface area (Å²) in [6.07, 6.45) is 4.10. The van der Waals surface area contributed by atoms with E-state index in [1.807, 2.05) is 6.07 Å². The fraction of sp³-hybridized carbons (Fsp3) is 0.476. The zero-order valence-corrected chi connectivity index (χ0v) is 15.6. The number of amides is 1. The van der Waals surface area contributed by atoms with Crippen LogP contribution in [0.1, 0.15) is 36.0 Å². The van der Waals surface area contributed by atoms with Crippen molar-refractivity contribution in [2.45, 2.75) is 45.2 Å². The Balaban J connectivity index is 1.52. The molecule has 1 saturated carbocycles. The third-order valence-corrected chi connectivity index (χ3v) is 6.55. The average Bonchev–Trinajstić information content (AvgIpc) is 3.04. The molecule has 1 amide bonds. The van der Waals surface area contributed by atoms with Gasteiger partial charge in [-0.3, -0.25) is 4.79 Å². The molecule has 2 fully saturated rings. The number of aryl methyl sites for hydroxylation is 1. The molecule has 3 nitrogen and oxygen atoms in total. The zero-order chi connectivity index (χ0) is 17.3. The lowest BCUT2D eigenvalue weighted by molar-refractivity contribution is -0.132. The summed E-state index contributed by atoms with van der Waals surface area (Å²) in [6.45, 7) is 5.03. The Bertz CT molecular complexity index is 734. The standard InChI is InChI=1S/C21H26N2OS/c1-16-3-2-4-17(11-16)12-20(24)23(14-18-5-10-25-15-18)19-13-21(19)6-8-22-9-7-21/h2-5,10-11,15,19,22H,6-9,12-14H2,1H3/t19-/m1/s1. The van der Waals surface area contributed by atoms with Gasteiger partial charge in [-0.2, -0.15) is 11.3 Å². The Kier molecular flexibility index (Phi) is 4.65. The van der Waals surface area contributed by atoms with E-state index in [-0.39, 0.29) is 5.91 Å². The van der Waals surface area contributed by atoms with Gasteiger partial charge in [0, 0.05) is 12.6 Å². The van der Waals surface area contributed by atoms with Gasteiger partial charge in [0.15, 0.2) is 0 Å². The number of carbonyl (C=O) groups excluding carboxylic acids is 1. The molecule has 132 valence electrons. The van der Waals surface area contributed by atoms with Gasteiger partial charge in [-0.15, -0.1) is 0 Å². The van der Waals surface area contributed by atoms with Crippen molar-refractivity contribution in [3.63, 3.8) is 0 Å². The van der Waals surface area contributed by atoms with Gasteiger partial charge in [0.25, 0.3) is 0 Å². The van der Waals surface area contributed by atoms with Gasteiger partial charge in [0.05, 0.1) is 6.42 Å². The Morgan fingerprint density at radius 1 is 1.28 bits per heavy atom. The van der Waals surface area contributed by atoms with E-state index in [2.05, 4.69) is 52.2 Å². The summed E-state index contributed by atoms with van der Waals surface area (Å²) in [6, 6.07) is 10.9. The second kappa shape index (κ2) is 6.93. The van der Waals surface area contributed by atoms with Crippen LogP contribution < -0.4 is 5.32 Å². The lowest BCUT2D eigenvalue weighted by Gasteiger charge is -2.29. The van der Waals surface area contributed by atoms with E-state index in [9.17, 15) is 4.79 Å². The number of benzene rings is 1. The van der Waals surface area contributed by atoms with Crippen LogP contribution in [0.5, 0.6) is 0 Å². The SMILES string of the molecule is Cc1cccc(CC(=O)N(Cc2ccsc2)[C@@H]2CC23CCNCC3)c1. The Hall–Kier alpha value is -1.65. The summed E-state index contributed by atoms with van der Waals surface area (Å²) < 4.78 is 0. The summed E-state index contributed by atoms with van der Waals surface area (Å²) in [7, 11) is 0. The molecule has 2 heterocycles. The van der Waals surface area contributed by atoms with Gasteiger partial charge < -0.3 is 10.2 Å². The van der Waals surface area contributed by atoms with Crippen LogP contribution in [0, 0.1) is 12.3 Å². The third-order valence-electron chi connectivity index (χ3n) is 5.81. The molecule has 1 aromatic heterocycles. The second-order valence-electron chi connectivity index (χ2n) is 7.65. The van der Waals surface area contributed by atoms with Crippen LogP contribution in [0.2, 0.25) is 0 Å². The Labute approximate surface area is 154 Å². The molecule has 1 atom stereocenters. The van der Waals surface area contributed by atoms with Crippen LogP contribution in [0.4, 0.5) is 0 Å². The first-order valence-electron chi connectivity index (χ1n) is 9.23. The second-order valence-corrected chi connectivity index (χ2v) is 8.43. The number of thiophene rings is 1. The molecule has 1 saturated heterocycles. The molecule has 4 heteroatoms. The average molecular weight is 355 g/mol. The Morgan fingerprint density at radius 2 is 2.12 bits per heavy atom. The maximum Gasteiger partial charge on any atom is 0.227 e. The highest BCUT2D eigenvalue weighted by Gasteiger charge is 2.57. The smallest absolute Gasteiger partial charge is 0.227 e. The van der Waals surface area contributed by atoms with Crippen molar-refractivity contribution in [1.82, 2.24) is 10.2 Å². The summed E-state index contributed by atoms with van der Waals surface area (Å²) in [5, 5.41) is 7.73. The predicted octanol–water partition coefficient (Wildman–Crippen LogP) is 3.77. The van der Waals surface area contributed by atoms with Crippen LogP contribution in [0.15, 0.2) is 41.1 Å². The van der Waals surface area contributed by atoms with E-state index in [0.717, 1.165) is 25.2 Å². The molecule has 1 aromatic carbocycles. The number of hydrogen-bond acceptors (Lipinski definition) is 3. The van der Waals surface area contributed by atoms with E-state index in [4.69, 9.17) is 0 Å². The van der Waals surface area contributed by atoms with E-state index < -0.39 is 0 Å². The van der Waals surface area contributed by atoms with Crippen molar-refractivity contribution < 1.29 is 4.79 Å². The summed E-state index contributed by atoms with van der Waals surface area (Å²) >= 11 is 1.71. The fourth-order valence-electron chi connectivity index (χ4n) is 4.28. The van der Waals surface area contributed by atoms with Crippen LogP contribution in [-0.4, -0.2) is 29.9 Å². The number of nitrogens with zero attached hydrogens (tertiary/aromatic N) is 1. The highest BCUT2D eigenvalue weighted by Crippen LogP contribution is 2.56. The van der Waals surface area contributed by atoms with Crippen molar-refractivity contribution in [1.29, 1.82) is 0 Å². The van der Waals surface area contributed by atoms with Gasteiger partial charge in [-0.25, -0.2) is 0 Å². The molecule has 2 aliphatic rings.